The molecule has 0 atom stereocenters. The number of carbonyl (C=O) groups excluding carboxylic acids is 1. The van der Waals surface area contributed by atoms with E-state index in [0.717, 1.165) is 31.2 Å². The van der Waals surface area contributed by atoms with E-state index < -0.39 is 29.4 Å². The van der Waals surface area contributed by atoms with Crippen molar-refractivity contribution in [3.8, 4) is 5.75 Å². The van der Waals surface area contributed by atoms with Crippen LogP contribution in [0.25, 0.3) is 0 Å². The van der Waals surface area contributed by atoms with Crippen LogP contribution in [0.4, 0.5) is 13.2 Å². The highest BCUT2D eigenvalue weighted by molar-refractivity contribution is 5.91. The van der Waals surface area contributed by atoms with Gasteiger partial charge in [0.1, 0.15) is 0 Å². The van der Waals surface area contributed by atoms with Crippen LogP contribution in [0.1, 0.15) is 42.1 Å². The van der Waals surface area contributed by atoms with Gasteiger partial charge in [-0.1, -0.05) is 31.9 Å². The van der Waals surface area contributed by atoms with Crippen molar-refractivity contribution in [3.05, 3.63) is 59.2 Å². The second-order valence-electron chi connectivity index (χ2n) is 5.09. The number of rotatable bonds is 6. The Morgan fingerprint density at radius 3 is 2.43 bits per heavy atom. The number of aromatic nitrogens is 1. The third-order valence-corrected chi connectivity index (χ3v) is 3.32. The van der Waals surface area contributed by atoms with Crippen LogP contribution in [-0.4, -0.2) is 11.0 Å². The molecule has 0 amide bonds. The largest absolute Gasteiger partial charge is 0.418 e. The number of esters is 1. The van der Waals surface area contributed by atoms with E-state index in [-0.39, 0.29) is 5.56 Å². The molecule has 0 saturated carbocycles. The molecule has 1 heterocycles. The summed E-state index contributed by atoms with van der Waals surface area (Å²) in [5, 5.41) is 0. The normalized spacial score (nSPS) is 10.6. The summed E-state index contributed by atoms with van der Waals surface area (Å²) in [5.41, 5.74) is 1.27. The Hall–Kier alpha value is -2.37. The van der Waals surface area contributed by atoms with Crippen molar-refractivity contribution < 1.29 is 22.7 Å². The van der Waals surface area contributed by atoms with Crippen molar-refractivity contribution >= 4 is 5.97 Å². The fourth-order valence-corrected chi connectivity index (χ4v) is 2.05. The lowest BCUT2D eigenvalue weighted by Crippen LogP contribution is -2.11. The summed E-state index contributed by atoms with van der Waals surface area (Å²) in [6, 6.07) is 7.12. The van der Waals surface area contributed by atoms with Crippen LogP contribution >= 0.6 is 0 Å². The Morgan fingerprint density at radius 2 is 1.78 bits per heavy atom. The van der Waals surface area contributed by atoms with E-state index in [1.807, 2.05) is 0 Å². The Bertz CT molecular complexity index is 687. The molecule has 2 aromatic rings. The Balaban J connectivity index is 2.05. The van der Waals surface area contributed by atoms with Crippen LogP contribution in [0.2, 0.25) is 0 Å². The Labute approximate surface area is 132 Å². The molecule has 0 aliphatic heterocycles. The average Bonchev–Trinajstić information content (AvgIpc) is 2.53. The molecule has 0 unspecified atom stereocenters. The number of ether oxygens (including phenoxy) is 1. The van der Waals surface area contributed by atoms with E-state index in [4.69, 9.17) is 4.74 Å². The SMILES string of the molecule is CCCCCc1ccc(C(=O)Oc2cc(F)c(F)nc2F)cc1. The first kappa shape index (κ1) is 17.0. The van der Waals surface area contributed by atoms with Gasteiger partial charge in [-0.2, -0.15) is 13.8 Å². The number of benzene rings is 1. The molecule has 0 aliphatic rings. The minimum atomic E-state index is -1.58. The molecule has 0 saturated heterocycles. The highest BCUT2D eigenvalue weighted by Crippen LogP contribution is 2.19. The third kappa shape index (κ3) is 4.55. The Kier molecular flexibility index (Phi) is 5.73. The van der Waals surface area contributed by atoms with Gasteiger partial charge >= 0.3 is 5.97 Å². The highest BCUT2D eigenvalue weighted by Gasteiger charge is 2.17. The molecule has 0 spiro atoms. The molecule has 2 rings (SSSR count). The first-order valence-electron chi connectivity index (χ1n) is 7.34. The van der Waals surface area contributed by atoms with Crippen molar-refractivity contribution in [3.63, 3.8) is 0 Å². The number of carbonyl (C=O) groups is 1. The van der Waals surface area contributed by atoms with E-state index in [1.165, 1.54) is 0 Å². The summed E-state index contributed by atoms with van der Waals surface area (Å²) >= 11 is 0. The van der Waals surface area contributed by atoms with Gasteiger partial charge in [0.15, 0.2) is 11.6 Å². The highest BCUT2D eigenvalue weighted by atomic mass is 19.2. The first-order chi connectivity index (χ1) is 11.0. The molecule has 6 heteroatoms. The molecule has 0 fully saturated rings. The summed E-state index contributed by atoms with van der Waals surface area (Å²) in [6.45, 7) is 2.12. The van der Waals surface area contributed by atoms with Crippen LogP contribution in [0.5, 0.6) is 5.75 Å². The number of aryl methyl sites for hydroxylation is 1. The summed E-state index contributed by atoms with van der Waals surface area (Å²) in [6.07, 6.45) is 4.22. The first-order valence-corrected chi connectivity index (χ1v) is 7.34. The van der Waals surface area contributed by atoms with E-state index in [2.05, 4.69) is 11.9 Å². The quantitative estimate of drug-likeness (QED) is 0.448. The predicted molar refractivity (Wildman–Crippen MR) is 78.7 cm³/mol. The summed E-state index contributed by atoms with van der Waals surface area (Å²) in [7, 11) is 0. The molecule has 1 aromatic heterocycles. The molecule has 0 aliphatic carbocycles. The van der Waals surface area contributed by atoms with Gasteiger partial charge in [-0.15, -0.1) is 0 Å². The molecular formula is C17H16F3NO2. The fraction of sp³-hybridized carbons (Fsp3) is 0.294. The molecule has 122 valence electrons. The number of halogens is 3. The van der Waals surface area contributed by atoms with Crippen LogP contribution in [0, 0.1) is 17.7 Å². The zero-order chi connectivity index (χ0) is 16.8. The van der Waals surface area contributed by atoms with Gasteiger partial charge in [-0.3, -0.25) is 0 Å². The van der Waals surface area contributed by atoms with Gasteiger partial charge < -0.3 is 4.74 Å². The number of pyridine rings is 1. The van der Waals surface area contributed by atoms with Gasteiger partial charge in [0, 0.05) is 6.07 Å². The molecule has 1 aromatic carbocycles. The summed E-state index contributed by atoms with van der Waals surface area (Å²) < 4.78 is 43.8. The molecule has 23 heavy (non-hydrogen) atoms. The minimum Gasteiger partial charge on any atom is -0.418 e. The van der Waals surface area contributed by atoms with Crippen molar-refractivity contribution in [2.24, 2.45) is 0 Å². The van der Waals surface area contributed by atoms with Crippen molar-refractivity contribution in [1.82, 2.24) is 4.98 Å². The predicted octanol–water partition coefficient (Wildman–Crippen LogP) is 4.45. The zero-order valence-corrected chi connectivity index (χ0v) is 12.6. The molecule has 3 nitrogen and oxygen atoms in total. The van der Waals surface area contributed by atoms with Crippen molar-refractivity contribution in [1.29, 1.82) is 0 Å². The molecule has 0 N–H and O–H groups in total. The fourth-order valence-electron chi connectivity index (χ4n) is 2.05. The second kappa shape index (κ2) is 7.76. The standard InChI is InChI=1S/C17H16F3NO2/c1-2-3-4-5-11-6-8-12(9-7-11)17(22)23-14-10-13(18)15(19)21-16(14)20/h6-10H,2-5H2,1H3. The maximum absolute atomic E-state index is 13.3. The zero-order valence-electron chi connectivity index (χ0n) is 12.6. The molecule has 0 radical (unpaired) electrons. The van der Waals surface area contributed by atoms with Crippen molar-refractivity contribution in [2.75, 3.05) is 0 Å². The van der Waals surface area contributed by atoms with Gasteiger partial charge in [0.2, 0.25) is 0 Å². The monoisotopic (exact) mass is 323 g/mol. The van der Waals surface area contributed by atoms with Gasteiger partial charge in [-0.05, 0) is 30.5 Å². The minimum absolute atomic E-state index is 0.188. The van der Waals surface area contributed by atoms with Crippen LogP contribution in [0.15, 0.2) is 30.3 Å². The lowest BCUT2D eigenvalue weighted by Gasteiger charge is -2.06. The van der Waals surface area contributed by atoms with Crippen LogP contribution < -0.4 is 4.74 Å². The van der Waals surface area contributed by atoms with E-state index >= 15 is 0 Å². The smallest absolute Gasteiger partial charge is 0.343 e. The molecule has 0 bridgehead atoms. The lowest BCUT2D eigenvalue weighted by atomic mass is 10.1. The average molecular weight is 323 g/mol. The maximum atomic E-state index is 13.3. The van der Waals surface area contributed by atoms with E-state index in [9.17, 15) is 18.0 Å². The van der Waals surface area contributed by atoms with E-state index in [0.29, 0.717) is 6.07 Å². The number of hydrogen-bond acceptors (Lipinski definition) is 3. The van der Waals surface area contributed by atoms with Crippen LogP contribution in [-0.2, 0) is 6.42 Å². The maximum Gasteiger partial charge on any atom is 0.343 e. The van der Waals surface area contributed by atoms with E-state index in [1.54, 1.807) is 24.3 Å². The van der Waals surface area contributed by atoms with Gasteiger partial charge in [0.25, 0.3) is 11.9 Å². The molecular weight excluding hydrogens is 307 g/mol. The summed E-state index contributed by atoms with van der Waals surface area (Å²) in [4.78, 5) is 14.6. The van der Waals surface area contributed by atoms with Crippen LogP contribution in [0.3, 0.4) is 0 Å². The Morgan fingerprint density at radius 1 is 1.09 bits per heavy atom. The van der Waals surface area contributed by atoms with Gasteiger partial charge in [0.05, 0.1) is 5.56 Å². The number of nitrogens with zero attached hydrogens (tertiary/aromatic N) is 1. The third-order valence-electron chi connectivity index (χ3n) is 3.32. The number of unbranched alkanes of at least 4 members (excludes halogenated alkanes) is 2. The lowest BCUT2D eigenvalue weighted by molar-refractivity contribution is 0.0724. The summed E-state index contributed by atoms with van der Waals surface area (Å²) in [5.74, 6) is -5.97. The second-order valence-corrected chi connectivity index (χ2v) is 5.09. The number of hydrogen-bond donors (Lipinski definition) is 0. The topological polar surface area (TPSA) is 39.2 Å². The van der Waals surface area contributed by atoms with Gasteiger partial charge in [-0.25, -0.2) is 9.18 Å². The van der Waals surface area contributed by atoms with Crippen molar-refractivity contribution in [2.45, 2.75) is 32.6 Å².